The summed E-state index contributed by atoms with van der Waals surface area (Å²) in [4.78, 5) is 4.00. The molecule has 0 fully saturated rings. The van der Waals surface area contributed by atoms with E-state index in [1.54, 1.807) is 0 Å². The van der Waals surface area contributed by atoms with Crippen molar-refractivity contribution in [2.24, 2.45) is 27.3 Å². The molecule has 6 nitrogen and oxygen atoms in total. The summed E-state index contributed by atoms with van der Waals surface area (Å²) < 4.78 is 0. The summed E-state index contributed by atoms with van der Waals surface area (Å²) in [5.41, 5.74) is 18.8. The van der Waals surface area contributed by atoms with E-state index in [0.717, 1.165) is 5.69 Å². The predicted octanol–water partition coefficient (Wildman–Crippen LogP) is -0.167. The fourth-order valence-electron chi connectivity index (χ4n) is 0.788. The zero-order valence-corrected chi connectivity index (χ0v) is 8.74. The zero-order valence-electron chi connectivity index (χ0n) is 7.92. The molecular weight excluding hydrogens is 216 g/mol. The Labute approximate surface area is 93.6 Å². The van der Waals surface area contributed by atoms with E-state index in [1.165, 1.54) is 0 Å². The number of rotatable bonds is 2. The highest BCUT2D eigenvalue weighted by Crippen LogP contribution is 2.08. The summed E-state index contributed by atoms with van der Waals surface area (Å²) in [6, 6.07) is 9.21. The number of halogens is 1. The zero-order chi connectivity index (χ0) is 10.4. The van der Waals surface area contributed by atoms with Crippen LogP contribution in [0.4, 0.5) is 5.69 Å². The molecule has 0 bridgehead atoms. The highest BCUT2D eigenvalue weighted by molar-refractivity contribution is 5.85. The second-order valence-electron chi connectivity index (χ2n) is 2.48. The highest BCUT2D eigenvalue weighted by atomic mass is 35.5. The second kappa shape index (κ2) is 6.50. The van der Waals surface area contributed by atoms with Gasteiger partial charge < -0.3 is 17.2 Å². The van der Waals surface area contributed by atoms with Crippen LogP contribution in [-0.4, -0.2) is 11.9 Å². The number of hydrogen-bond donors (Lipinski definition) is 4. The third-order valence-electron chi connectivity index (χ3n) is 1.31. The van der Waals surface area contributed by atoms with Crippen molar-refractivity contribution in [1.29, 1.82) is 0 Å². The maximum absolute atomic E-state index is 5.47. The molecule has 7 N–H and O–H groups in total. The molecule has 0 unspecified atom stereocenters. The van der Waals surface area contributed by atoms with Gasteiger partial charge in [0.25, 0.3) is 0 Å². The Kier molecular flexibility index (Phi) is 5.65. The average molecular weight is 229 g/mol. The summed E-state index contributed by atoms with van der Waals surface area (Å²) in [6.45, 7) is 0. The van der Waals surface area contributed by atoms with E-state index in [1.807, 2.05) is 30.3 Å². The maximum Gasteiger partial charge on any atom is 0.214 e. The monoisotopic (exact) mass is 228 g/mol. The Hall–Kier alpha value is -1.95. The van der Waals surface area contributed by atoms with Crippen LogP contribution >= 0.6 is 12.4 Å². The van der Waals surface area contributed by atoms with Gasteiger partial charge in [0.1, 0.15) is 0 Å². The summed E-state index contributed by atoms with van der Waals surface area (Å²) in [6.07, 6.45) is 0. The number of nitrogens with zero attached hydrogens (tertiary/aromatic N) is 2. The van der Waals surface area contributed by atoms with Crippen molar-refractivity contribution in [3.63, 3.8) is 0 Å². The standard InChI is InChI=1S/C8H12N6.ClH/c9-7(10)13-14-8(11)12-6-4-2-1-3-5-6;/h1-5H,(H4,9,10,13)(H3,11,12,14);1H. The van der Waals surface area contributed by atoms with Crippen LogP contribution in [0.3, 0.4) is 0 Å². The van der Waals surface area contributed by atoms with Gasteiger partial charge in [-0.05, 0) is 12.1 Å². The van der Waals surface area contributed by atoms with Crippen molar-refractivity contribution in [2.45, 2.75) is 0 Å². The van der Waals surface area contributed by atoms with Crippen molar-refractivity contribution in [3.05, 3.63) is 30.3 Å². The molecule has 0 saturated heterocycles. The van der Waals surface area contributed by atoms with Crippen LogP contribution in [0, 0.1) is 0 Å². The van der Waals surface area contributed by atoms with Crippen LogP contribution in [0.25, 0.3) is 0 Å². The first-order valence-corrected chi connectivity index (χ1v) is 3.92. The predicted molar refractivity (Wildman–Crippen MR) is 63.9 cm³/mol. The Bertz CT molecular complexity index is 343. The van der Waals surface area contributed by atoms with Gasteiger partial charge >= 0.3 is 0 Å². The SMILES string of the molecule is Cl.NC(N)=NNC(N)=Nc1ccccc1. The molecule has 0 spiro atoms. The number of para-hydroxylation sites is 1. The first-order valence-electron chi connectivity index (χ1n) is 3.92. The molecule has 0 radical (unpaired) electrons. The van der Waals surface area contributed by atoms with Crippen molar-refractivity contribution < 1.29 is 0 Å². The molecule has 0 atom stereocenters. The van der Waals surface area contributed by atoms with Gasteiger partial charge in [0.15, 0.2) is 0 Å². The Morgan fingerprint density at radius 3 is 2.20 bits per heavy atom. The number of nitrogens with one attached hydrogen (secondary N) is 1. The van der Waals surface area contributed by atoms with Crippen LogP contribution in [0.1, 0.15) is 0 Å². The minimum absolute atomic E-state index is 0. The number of hydrogen-bond acceptors (Lipinski definition) is 2. The summed E-state index contributed by atoms with van der Waals surface area (Å²) in [7, 11) is 0. The van der Waals surface area contributed by atoms with E-state index >= 15 is 0 Å². The van der Waals surface area contributed by atoms with Gasteiger partial charge in [-0.3, -0.25) is 0 Å². The highest BCUT2D eigenvalue weighted by Gasteiger charge is 1.90. The van der Waals surface area contributed by atoms with Gasteiger partial charge in [0.05, 0.1) is 5.69 Å². The lowest BCUT2D eigenvalue weighted by atomic mass is 10.3. The Morgan fingerprint density at radius 1 is 1.07 bits per heavy atom. The van der Waals surface area contributed by atoms with Crippen molar-refractivity contribution in [2.75, 3.05) is 0 Å². The minimum Gasteiger partial charge on any atom is -0.369 e. The number of guanidine groups is 2. The van der Waals surface area contributed by atoms with Gasteiger partial charge in [0.2, 0.25) is 11.9 Å². The van der Waals surface area contributed by atoms with Gasteiger partial charge in [0, 0.05) is 0 Å². The summed E-state index contributed by atoms with van der Waals surface area (Å²) >= 11 is 0. The van der Waals surface area contributed by atoms with Gasteiger partial charge in [-0.15, -0.1) is 17.5 Å². The molecule has 0 heterocycles. The molecule has 1 rings (SSSR count). The number of hydrazone groups is 1. The van der Waals surface area contributed by atoms with E-state index < -0.39 is 0 Å². The molecule has 7 heteroatoms. The third-order valence-corrected chi connectivity index (χ3v) is 1.31. The Morgan fingerprint density at radius 2 is 1.67 bits per heavy atom. The molecule has 0 aliphatic rings. The quantitative estimate of drug-likeness (QED) is 0.320. The fraction of sp³-hybridized carbons (Fsp3) is 0. The first kappa shape index (κ1) is 13.1. The van der Waals surface area contributed by atoms with E-state index in [2.05, 4.69) is 15.5 Å². The molecule has 82 valence electrons. The largest absolute Gasteiger partial charge is 0.369 e. The molecule has 1 aromatic carbocycles. The van der Waals surface area contributed by atoms with E-state index in [-0.39, 0.29) is 24.3 Å². The molecule has 0 aliphatic carbocycles. The van der Waals surface area contributed by atoms with Crippen molar-refractivity contribution >= 4 is 30.0 Å². The molecule has 1 aromatic rings. The second-order valence-corrected chi connectivity index (χ2v) is 2.48. The summed E-state index contributed by atoms with van der Waals surface area (Å²) in [5.74, 6) is 0.0285. The van der Waals surface area contributed by atoms with Gasteiger partial charge in [-0.1, -0.05) is 18.2 Å². The minimum atomic E-state index is -0.101. The lowest BCUT2D eigenvalue weighted by molar-refractivity contribution is 0.994. The van der Waals surface area contributed by atoms with Crippen LogP contribution < -0.4 is 22.6 Å². The normalized spacial score (nSPS) is 10.0. The van der Waals surface area contributed by atoms with Gasteiger partial charge in [-0.25, -0.2) is 10.4 Å². The van der Waals surface area contributed by atoms with E-state index in [0.29, 0.717) is 0 Å². The fourth-order valence-corrected chi connectivity index (χ4v) is 0.788. The molecule has 0 aliphatic heterocycles. The number of aliphatic imine (C=N–C) groups is 1. The van der Waals surface area contributed by atoms with Crippen molar-refractivity contribution in [1.82, 2.24) is 5.43 Å². The van der Waals surface area contributed by atoms with Crippen molar-refractivity contribution in [3.8, 4) is 0 Å². The number of benzene rings is 1. The van der Waals surface area contributed by atoms with Gasteiger partial charge in [-0.2, -0.15) is 0 Å². The lowest BCUT2D eigenvalue weighted by Crippen LogP contribution is -2.32. The van der Waals surface area contributed by atoms with E-state index in [9.17, 15) is 0 Å². The smallest absolute Gasteiger partial charge is 0.214 e. The topological polar surface area (TPSA) is 115 Å². The van der Waals surface area contributed by atoms with Crippen LogP contribution in [-0.2, 0) is 0 Å². The average Bonchev–Trinajstić information content (AvgIpc) is 2.16. The van der Waals surface area contributed by atoms with Crippen LogP contribution in [0.5, 0.6) is 0 Å². The molecule has 0 aromatic heterocycles. The third kappa shape index (κ3) is 5.37. The van der Waals surface area contributed by atoms with E-state index in [4.69, 9.17) is 17.2 Å². The summed E-state index contributed by atoms with van der Waals surface area (Å²) in [5, 5.41) is 3.49. The Balaban J connectivity index is 0.00000196. The van der Waals surface area contributed by atoms with Crippen LogP contribution in [0.2, 0.25) is 0 Å². The first-order chi connectivity index (χ1) is 6.68. The molecule has 0 saturated carbocycles. The number of nitrogens with two attached hydrogens (primary N) is 3. The maximum atomic E-state index is 5.47. The van der Waals surface area contributed by atoms with Crippen LogP contribution in [0.15, 0.2) is 40.4 Å². The molecule has 0 amide bonds. The molecule has 15 heavy (non-hydrogen) atoms. The lowest BCUT2D eigenvalue weighted by Gasteiger charge is -1.99. The molecular formula is C8H13ClN6.